The van der Waals surface area contributed by atoms with Crippen molar-refractivity contribution in [3.05, 3.63) is 101 Å². The predicted molar refractivity (Wildman–Crippen MR) is 136 cm³/mol. The average molecular weight is 439 g/mol. The standard InChI is InChI=1S/C30H34N2O/c1-2-10-25-13-9-16-27-28(25)30(29(33)31-27,26-14-7-4-8-15-26)19-22-32-20-17-24(18-21-32)23-11-5-3-6-12-23/h3-9,11-16,24H,2,10,17-22H2,1H3,(H,31,33). The van der Waals surface area contributed by atoms with Crippen LogP contribution in [0.15, 0.2) is 78.9 Å². The van der Waals surface area contributed by atoms with E-state index in [0.29, 0.717) is 5.92 Å². The van der Waals surface area contributed by atoms with Crippen molar-refractivity contribution in [1.82, 2.24) is 4.90 Å². The van der Waals surface area contributed by atoms with Gasteiger partial charge in [-0.15, -0.1) is 0 Å². The van der Waals surface area contributed by atoms with E-state index in [0.717, 1.165) is 50.1 Å². The number of nitrogens with one attached hydrogen (secondary N) is 1. The summed E-state index contributed by atoms with van der Waals surface area (Å²) in [6, 6.07) is 27.7. The number of likely N-dealkylation sites (tertiary alicyclic amines) is 1. The zero-order chi connectivity index (χ0) is 22.7. The fraction of sp³-hybridized carbons (Fsp3) is 0.367. The van der Waals surface area contributed by atoms with Crippen LogP contribution in [0.4, 0.5) is 5.69 Å². The third-order valence-corrected chi connectivity index (χ3v) is 7.66. The van der Waals surface area contributed by atoms with Gasteiger partial charge >= 0.3 is 0 Å². The van der Waals surface area contributed by atoms with Crippen molar-refractivity contribution in [3.63, 3.8) is 0 Å². The molecule has 0 radical (unpaired) electrons. The molecule has 3 heteroatoms. The molecule has 0 aromatic heterocycles. The smallest absolute Gasteiger partial charge is 0.239 e. The van der Waals surface area contributed by atoms with Gasteiger partial charge in [-0.05, 0) is 79.6 Å². The molecule has 1 saturated heterocycles. The topological polar surface area (TPSA) is 32.3 Å². The quantitative estimate of drug-likeness (QED) is 0.480. The highest BCUT2D eigenvalue weighted by Crippen LogP contribution is 2.47. The molecule has 0 bridgehead atoms. The molecule has 3 aromatic rings. The first kappa shape index (κ1) is 21.9. The second kappa shape index (κ2) is 9.52. The summed E-state index contributed by atoms with van der Waals surface area (Å²) in [6.07, 6.45) is 5.25. The molecule has 33 heavy (non-hydrogen) atoms. The minimum atomic E-state index is -0.612. The number of piperidine rings is 1. The molecule has 1 fully saturated rings. The van der Waals surface area contributed by atoms with Gasteiger partial charge in [0.05, 0.1) is 0 Å². The summed E-state index contributed by atoms with van der Waals surface area (Å²) in [7, 11) is 0. The number of amides is 1. The van der Waals surface area contributed by atoms with Crippen LogP contribution < -0.4 is 5.32 Å². The zero-order valence-corrected chi connectivity index (χ0v) is 19.6. The lowest BCUT2D eigenvalue weighted by Crippen LogP contribution is -2.42. The molecule has 0 spiro atoms. The number of carbonyl (C=O) groups excluding carboxylic acids is 1. The van der Waals surface area contributed by atoms with E-state index >= 15 is 0 Å². The first-order chi connectivity index (χ1) is 16.2. The second-order valence-electron chi connectivity index (χ2n) is 9.59. The number of hydrogen-bond acceptors (Lipinski definition) is 2. The number of benzene rings is 3. The molecule has 3 aromatic carbocycles. The highest BCUT2D eigenvalue weighted by atomic mass is 16.2. The number of anilines is 1. The van der Waals surface area contributed by atoms with E-state index in [1.54, 1.807) is 0 Å². The van der Waals surface area contributed by atoms with Crippen LogP contribution >= 0.6 is 0 Å². The molecule has 0 aliphatic carbocycles. The molecule has 1 atom stereocenters. The van der Waals surface area contributed by atoms with E-state index in [4.69, 9.17) is 0 Å². The number of hydrogen-bond donors (Lipinski definition) is 1. The van der Waals surface area contributed by atoms with Crippen LogP contribution in [0.3, 0.4) is 0 Å². The van der Waals surface area contributed by atoms with Gasteiger partial charge in [0, 0.05) is 5.69 Å². The van der Waals surface area contributed by atoms with Crippen molar-refractivity contribution in [2.45, 2.75) is 50.4 Å². The average Bonchev–Trinajstić information content (AvgIpc) is 3.17. The third-order valence-electron chi connectivity index (χ3n) is 7.66. The van der Waals surface area contributed by atoms with Gasteiger partial charge in [0.25, 0.3) is 0 Å². The number of carbonyl (C=O) groups is 1. The zero-order valence-electron chi connectivity index (χ0n) is 19.6. The fourth-order valence-corrected chi connectivity index (χ4v) is 5.95. The number of nitrogens with zero attached hydrogens (tertiary/aromatic N) is 1. The Morgan fingerprint density at radius 3 is 2.30 bits per heavy atom. The maximum atomic E-state index is 13.7. The third kappa shape index (κ3) is 4.11. The lowest BCUT2D eigenvalue weighted by molar-refractivity contribution is -0.119. The van der Waals surface area contributed by atoms with E-state index in [-0.39, 0.29) is 5.91 Å². The first-order valence-corrected chi connectivity index (χ1v) is 12.5. The molecular formula is C30H34N2O. The van der Waals surface area contributed by atoms with Crippen LogP contribution in [-0.4, -0.2) is 30.4 Å². The summed E-state index contributed by atoms with van der Waals surface area (Å²) in [6.45, 7) is 5.33. The highest BCUT2D eigenvalue weighted by molar-refractivity contribution is 6.09. The van der Waals surface area contributed by atoms with Gasteiger partial charge in [0.15, 0.2) is 0 Å². The van der Waals surface area contributed by atoms with E-state index in [9.17, 15) is 4.79 Å². The summed E-state index contributed by atoms with van der Waals surface area (Å²) < 4.78 is 0. The molecule has 2 aliphatic rings. The summed E-state index contributed by atoms with van der Waals surface area (Å²) in [4.78, 5) is 16.3. The monoisotopic (exact) mass is 438 g/mol. The molecule has 0 saturated carbocycles. The van der Waals surface area contributed by atoms with Gasteiger partial charge in [-0.2, -0.15) is 0 Å². The molecule has 2 aliphatic heterocycles. The van der Waals surface area contributed by atoms with Crippen molar-refractivity contribution in [2.24, 2.45) is 0 Å². The molecule has 5 rings (SSSR count). The normalized spacial score (nSPS) is 21.1. The van der Waals surface area contributed by atoms with E-state index < -0.39 is 5.41 Å². The number of aryl methyl sites for hydroxylation is 1. The SMILES string of the molecule is CCCc1cccc2c1C(CCN1CCC(c3ccccc3)CC1)(c1ccccc1)C(=O)N2. The maximum Gasteiger partial charge on any atom is 0.239 e. The second-order valence-corrected chi connectivity index (χ2v) is 9.59. The van der Waals surface area contributed by atoms with Gasteiger partial charge in [0.2, 0.25) is 5.91 Å². The summed E-state index contributed by atoms with van der Waals surface area (Å²) in [5.74, 6) is 0.781. The van der Waals surface area contributed by atoms with Gasteiger partial charge in [0.1, 0.15) is 5.41 Å². The summed E-state index contributed by atoms with van der Waals surface area (Å²) in [5, 5.41) is 3.24. The summed E-state index contributed by atoms with van der Waals surface area (Å²) in [5.41, 5.74) is 5.48. The van der Waals surface area contributed by atoms with Crippen molar-refractivity contribution < 1.29 is 4.79 Å². The molecule has 3 nitrogen and oxygen atoms in total. The Hall–Kier alpha value is -2.91. The van der Waals surface area contributed by atoms with Gasteiger partial charge in [-0.1, -0.05) is 86.1 Å². The van der Waals surface area contributed by atoms with Crippen LogP contribution in [0.1, 0.15) is 60.8 Å². The van der Waals surface area contributed by atoms with Gasteiger partial charge in [-0.3, -0.25) is 4.79 Å². The molecule has 170 valence electrons. The van der Waals surface area contributed by atoms with Crippen LogP contribution in [-0.2, 0) is 16.6 Å². The number of rotatable bonds is 7. The first-order valence-electron chi connectivity index (χ1n) is 12.5. The Balaban J connectivity index is 1.41. The minimum absolute atomic E-state index is 0.131. The maximum absolute atomic E-state index is 13.7. The minimum Gasteiger partial charge on any atom is -0.325 e. The van der Waals surface area contributed by atoms with Crippen molar-refractivity contribution in [2.75, 3.05) is 25.0 Å². The highest BCUT2D eigenvalue weighted by Gasteiger charge is 2.49. The van der Waals surface area contributed by atoms with Gasteiger partial charge in [-0.25, -0.2) is 0 Å². The predicted octanol–water partition coefficient (Wildman–Crippen LogP) is 6.15. The lowest BCUT2D eigenvalue weighted by atomic mass is 9.70. The molecule has 1 amide bonds. The lowest BCUT2D eigenvalue weighted by Gasteiger charge is -2.36. The molecule has 1 unspecified atom stereocenters. The van der Waals surface area contributed by atoms with Crippen LogP contribution in [0.5, 0.6) is 0 Å². The van der Waals surface area contributed by atoms with Crippen molar-refractivity contribution >= 4 is 11.6 Å². The van der Waals surface area contributed by atoms with Crippen LogP contribution in [0.2, 0.25) is 0 Å². The van der Waals surface area contributed by atoms with E-state index in [1.165, 1.54) is 29.5 Å². The Morgan fingerprint density at radius 2 is 1.61 bits per heavy atom. The Bertz CT molecular complexity index is 1090. The Labute approximate surface area is 197 Å². The Kier molecular flexibility index (Phi) is 6.32. The Morgan fingerprint density at radius 1 is 0.909 bits per heavy atom. The fourth-order valence-electron chi connectivity index (χ4n) is 5.95. The molecule has 2 heterocycles. The summed E-state index contributed by atoms with van der Waals surface area (Å²) >= 11 is 0. The van der Waals surface area contributed by atoms with Crippen LogP contribution in [0.25, 0.3) is 0 Å². The van der Waals surface area contributed by atoms with Crippen LogP contribution in [0, 0.1) is 0 Å². The van der Waals surface area contributed by atoms with Crippen molar-refractivity contribution in [3.8, 4) is 0 Å². The molecule has 1 N–H and O–H groups in total. The van der Waals surface area contributed by atoms with Crippen molar-refractivity contribution in [1.29, 1.82) is 0 Å². The van der Waals surface area contributed by atoms with E-state index in [2.05, 4.69) is 89.9 Å². The number of fused-ring (bicyclic) bond motifs is 1. The molecular weight excluding hydrogens is 404 g/mol. The van der Waals surface area contributed by atoms with E-state index in [1.807, 2.05) is 6.07 Å². The van der Waals surface area contributed by atoms with Gasteiger partial charge < -0.3 is 10.2 Å². The largest absolute Gasteiger partial charge is 0.325 e.